The number of hydrogen-bond donors (Lipinski definition) is 0. The molecule has 2 heteroatoms. The fraction of sp³-hybridized carbons (Fsp3) is 0.529. The average molecular weight is 258 g/mol. The molecule has 1 saturated carbocycles. The number of hydrogen-bond acceptors (Lipinski definition) is 2. The zero-order valence-corrected chi connectivity index (χ0v) is 11.8. The second-order valence-corrected chi connectivity index (χ2v) is 6.52. The van der Waals surface area contributed by atoms with E-state index >= 15 is 0 Å². The summed E-state index contributed by atoms with van der Waals surface area (Å²) in [5, 5.41) is 0. The van der Waals surface area contributed by atoms with Crippen molar-refractivity contribution in [3.8, 4) is 0 Å². The summed E-state index contributed by atoms with van der Waals surface area (Å²) in [5.74, 6) is 0.333. The Morgan fingerprint density at radius 1 is 1.21 bits per heavy atom. The van der Waals surface area contributed by atoms with Gasteiger partial charge in [0.2, 0.25) is 0 Å². The van der Waals surface area contributed by atoms with Crippen LogP contribution in [-0.2, 0) is 15.9 Å². The molecule has 0 radical (unpaired) electrons. The molecule has 2 aliphatic rings. The van der Waals surface area contributed by atoms with Gasteiger partial charge in [-0.1, -0.05) is 50.3 Å². The smallest absolute Gasteiger partial charge is 0.178 e. The van der Waals surface area contributed by atoms with E-state index in [1.807, 2.05) is 12.1 Å². The highest BCUT2D eigenvalue weighted by Gasteiger charge is 2.67. The third kappa shape index (κ3) is 2.24. The minimum Gasteiger partial charge on any atom is -0.348 e. The lowest BCUT2D eigenvalue weighted by Gasteiger charge is -2.36. The SMILES string of the molecule is C=C[C@@H]1[C@H](Cc2ccccc2)C12OCC(C)(C)CO2. The lowest BCUT2D eigenvalue weighted by molar-refractivity contribution is -0.254. The van der Waals surface area contributed by atoms with E-state index in [1.165, 1.54) is 5.56 Å². The van der Waals surface area contributed by atoms with Gasteiger partial charge in [0.1, 0.15) is 0 Å². The molecule has 0 aromatic heterocycles. The van der Waals surface area contributed by atoms with Gasteiger partial charge in [0.15, 0.2) is 5.79 Å². The Kier molecular flexibility index (Phi) is 3.03. The van der Waals surface area contributed by atoms with Gasteiger partial charge >= 0.3 is 0 Å². The van der Waals surface area contributed by atoms with Crippen LogP contribution in [0.2, 0.25) is 0 Å². The molecule has 2 nitrogen and oxygen atoms in total. The number of rotatable bonds is 3. The quantitative estimate of drug-likeness (QED) is 0.773. The van der Waals surface area contributed by atoms with Crippen molar-refractivity contribution in [3.05, 3.63) is 48.6 Å². The van der Waals surface area contributed by atoms with Gasteiger partial charge in [-0.2, -0.15) is 0 Å². The van der Waals surface area contributed by atoms with Crippen molar-refractivity contribution in [3.63, 3.8) is 0 Å². The van der Waals surface area contributed by atoms with Crippen LogP contribution in [0.15, 0.2) is 43.0 Å². The van der Waals surface area contributed by atoms with Gasteiger partial charge in [-0.15, -0.1) is 6.58 Å². The molecular formula is C17H22O2. The Bertz CT molecular complexity index is 453. The Morgan fingerprint density at radius 2 is 1.84 bits per heavy atom. The number of benzene rings is 1. The van der Waals surface area contributed by atoms with E-state index in [1.54, 1.807) is 0 Å². The highest BCUT2D eigenvalue weighted by atomic mass is 16.7. The van der Waals surface area contributed by atoms with Crippen LogP contribution in [0.1, 0.15) is 19.4 Å². The van der Waals surface area contributed by atoms with Crippen LogP contribution in [0.5, 0.6) is 0 Å². The molecule has 1 aliphatic carbocycles. The summed E-state index contributed by atoms with van der Waals surface area (Å²) in [4.78, 5) is 0. The Morgan fingerprint density at radius 3 is 2.42 bits per heavy atom. The Labute approximate surface area is 115 Å². The van der Waals surface area contributed by atoms with Gasteiger partial charge in [0, 0.05) is 17.3 Å². The van der Waals surface area contributed by atoms with Crippen molar-refractivity contribution in [1.29, 1.82) is 0 Å². The molecule has 1 aromatic rings. The summed E-state index contributed by atoms with van der Waals surface area (Å²) in [5.41, 5.74) is 1.46. The van der Waals surface area contributed by atoms with E-state index in [-0.39, 0.29) is 5.41 Å². The van der Waals surface area contributed by atoms with Crippen LogP contribution >= 0.6 is 0 Å². The van der Waals surface area contributed by atoms with Crippen LogP contribution in [0, 0.1) is 17.3 Å². The molecule has 1 aromatic carbocycles. The van der Waals surface area contributed by atoms with Crippen LogP contribution in [0.25, 0.3) is 0 Å². The first kappa shape index (κ1) is 12.9. The molecule has 1 aliphatic heterocycles. The van der Waals surface area contributed by atoms with Gasteiger partial charge in [-0.05, 0) is 12.0 Å². The summed E-state index contributed by atoms with van der Waals surface area (Å²) in [7, 11) is 0. The van der Waals surface area contributed by atoms with Gasteiger partial charge < -0.3 is 9.47 Å². The van der Waals surface area contributed by atoms with Crippen LogP contribution in [0.4, 0.5) is 0 Å². The van der Waals surface area contributed by atoms with Crippen LogP contribution in [-0.4, -0.2) is 19.0 Å². The second-order valence-electron chi connectivity index (χ2n) is 6.52. The Balaban J connectivity index is 1.72. The van der Waals surface area contributed by atoms with Gasteiger partial charge in [0.05, 0.1) is 13.2 Å². The van der Waals surface area contributed by atoms with Crippen molar-refractivity contribution in [2.24, 2.45) is 17.3 Å². The maximum absolute atomic E-state index is 6.09. The maximum atomic E-state index is 6.09. The topological polar surface area (TPSA) is 18.5 Å². The highest BCUT2D eigenvalue weighted by molar-refractivity contribution is 5.23. The molecule has 0 bridgehead atoms. The van der Waals surface area contributed by atoms with Crippen molar-refractivity contribution in [2.75, 3.05) is 13.2 Å². The zero-order valence-electron chi connectivity index (χ0n) is 11.8. The molecule has 0 N–H and O–H groups in total. The fourth-order valence-electron chi connectivity index (χ4n) is 3.01. The molecule has 2 atom stereocenters. The first-order valence-corrected chi connectivity index (χ1v) is 7.02. The van der Waals surface area contributed by atoms with Gasteiger partial charge in [0.25, 0.3) is 0 Å². The van der Waals surface area contributed by atoms with Crippen molar-refractivity contribution >= 4 is 0 Å². The highest BCUT2D eigenvalue weighted by Crippen LogP contribution is 2.58. The van der Waals surface area contributed by atoms with E-state index in [9.17, 15) is 0 Å². The van der Waals surface area contributed by atoms with Crippen molar-refractivity contribution in [1.82, 2.24) is 0 Å². The molecular weight excluding hydrogens is 236 g/mol. The minimum atomic E-state index is -0.396. The molecule has 3 rings (SSSR count). The van der Waals surface area contributed by atoms with E-state index in [2.05, 4.69) is 44.7 Å². The van der Waals surface area contributed by atoms with Crippen molar-refractivity contribution < 1.29 is 9.47 Å². The maximum Gasteiger partial charge on any atom is 0.178 e. The monoisotopic (exact) mass is 258 g/mol. The van der Waals surface area contributed by atoms with E-state index < -0.39 is 5.79 Å². The van der Waals surface area contributed by atoms with E-state index in [4.69, 9.17) is 9.47 Å². The predicted molar refractivity (Wildman–Crippen MR) is 75.7 cm³/mol. The lowest BCUT2D eigenvalue weighted by Crippen LogP contribution is -2.41. The molecule has 1 spiro atoms. The average Bonchev–Trinajstić information content (AvgIpc) is 3.01. The first-order chi connectivity index (χ1) is 9.07. The molecule has 102 valence electrons. The lowest BCUT2D eigenvalue weighted by atomic mass is 9.95. The molecule has 0 unspecified atom stereocenters. The van der Waals surface area contributed by atoms with E-state index in [0.717, 1.165) is 19.6 Å². The summed E-state index contributed by atoms with van der Waals surface area (Å²) < 4.78 is 12.2. The molecule has 0 amide bonds. The van der Waals surface area contributed by atoms with Crippen LogP contribution in [0.3, 0.4) is 0 Å². The first-order valence-electron chi connectivity index (χ1n) is 7.02. The molecule has 1 saturated heterocycles. The summed E-state index contributed by atoms with van der Waals surface area (Å²) >= 11 is 0. The van der Waals surface area contributed by atoms with Gasteiger partial charge in [-0.25, -0.2) is 0 Å². The second kappa shape index (κ2) is 4.46. The normalized spacial score (nSPS) is 31.1. The molecule has 2 fully saturated rings. The fourth-order valence-corrected chi connectivity index (χ4v) is 3.01. The minimum absolute atomic E-state index is 0.122. The molecule has 1 heterocycles. The Hall–Kier alpha value is -1.12. The summed E-state index contributed by atoms with van der Waals surface area (Å²) in [6.07, 6.45) is 2.99. The van der Waals surface area contributed by atoms with E-state index in [0.29, 0.717) is 11.8 Å². The van der Waals surface area contributed by atoms with Gasteiger partial charge in [-0.3, -0.25) is 0 Å². The largest absolute Gasteiger partial charge is 0.348 e. The third-order valence-electron chi connectivity index (χ3n) is 4.24. The third-order valence-corrected chi connectivity index (χ3v) is 4.24. The zero-order chi connectivity index (χ0) is 13.5. The number of ether oxygens (including phenoxy) is 2. The van der Waals surface area contributed by atoms with Crippen LogP contribution < -0.4 is 0 Å². The van der Waals surface area contributed by atoms with Crippen molar-refractivity contribution in [2.45, 2.75) is 26.1 Å². The predicted octanol–water partition coefficient (Wildman–Crippen LogP) is 3.43. The standard InChI is InChI=1S/C17H22O2/c1-4-14-15(10-13-8-6-5-7-9-13)17(14)18-11-16(2,3)12-19-17/h4-9,14-15H,1,10-12H2,2-3H3/t14-,15+/m1/s1. The summed E-state index contributed by atoms with van der Waals surface area (Å²) in [6.45, 7) is 9.83. The molecule has 19 heavy (non-hydrogen) atoms. The summed E-state index contributed by atoms with van der Waals surface area (Å²) in [6, 6.07) is 10.5.